The minimum atomic E-state index is 0.0336. The molecule has 0 aliphatic carbocycles. The van der Waals surface area contributed by atoms with E-state index in [1.165, 1.54) is 11.1 Å². The summed E-state index contributed by atoms with van der Waals surface area (Å²) in [6.45, 7) is 2.21. The third-order valence-electron chi connectivity index (χ3n) is 5.70. The number of rotatable bonds is 6. The first-order valence-corrected chi connectivity index (χ1v) is 11.3. The van der Waals surface area contributed by atoms with Gasteiger partial charge in [-0.3, -0.25) is 9.20 Å². The van der Waals surface area contributed by atoms with E-state index in [-0.39, 0.29) is 11.9 Å². The monoisotopic (exact) mass is 416 g/mol. The number of fused-ring (bicyclic) bond motifs is 1. The fourth-order valence-electron chi connectivity index (χ4n) is 4.16. The lowest BCUT2D eigenvalue weighted by Gasteiger charge is -2.21. The quantitative estimate of drug-likeness (QED) is 0.503. The van der Waals surface area contributed by atoms with Gasteiger partial charge in [-0.25, -0.2) is 4.98 Å². The lowest BCUT2D eigenvalue weighted by molar-refractivity contribution is 0.0786. The Bertz CT molecular complexity index is 1090. The number of likely N-dealkylation sites (tertiary alicyclic amines) is 1. The number of benzene rings is 2. The van der Waals surface area contributed by atoms with E-state index in [0.717, 1.165) is 36.6 Å². The Morgan fingerprint density at radius 2 is 1.63 bits per heavy atom. The maximum Gasteiger partial charge on any atom is 0.274 e. The van der Waals surface area contributed by atoms with Gasteiger partial charge in [-0.05, 0) is 24.0 Å². The molecular formula is C24H24N4OS. The van der Waals surface area contributed by atoms with Crippen LogP contribution in [0.15, 0.2) is 72.2 Å². The smallest absolute Gasteiger partial charge is 0.274 e. The summed E-state index contributed by atoms with van der Waals surface area (Å²) in [5.74, 6) is 0.0520. The van der Waals surface area contributed by atoms with Crippen LogP contribution in [0.3, 0.4) is 0 Å². The van der Waals surface area contributed by atoms with Gasteiger partial charge in [0.05, 0.1) is 11.7 Å². The Balaban J connectivity index is 1.47. The molecule has 1 saturated heterocycles. The molecule has 1 fully saturated rings. The highest BCUT2D eigenvalue weighted by atomic mass is 32.1. The van der Waals surface area contributed by atoms with Gasteiger partial charge in [0.15, 0.2) is 10.7 Å². The van der Waals surface area contributed by atoms with Crippen LogP contribution in [0.25, 0.3) is 4.96 Å². The van der Waals surface area contributed by atoms with Crippen LogP contribution in [0.2, 0.25) is 0 Å². The fourth-order valence-corrected chi connectivity index (χ4v) is 4.89. The summed E-state index contributed by atoms with van der Waals surface area (Å²) in [4.78, 5) is 20.6. The van der Waals surface area contributed by atoms with Crippen molar-refractivity contribution < 1.29 is 4.79 Å². The van der Waals surface area contributed by atoms with E-state index >= 15 is 0 Å². The number of imidazole rings is 1. The van der Waals surface area contributed by atoms with Crippen molar-refractivity contribution >= 4 is 22.2 Å². The lowest BCUT2D eigenvalue weighted by Crippen LogP contribution is -2.30. The zero-order valence-corrected chi connectivity index (χ0v) is 17.5. The summed E-state index contributed by atoms with van der Waals surface area (Å²) in [5, 5.41) is 5.71. The van der Waals surface area contributed by atoms with Gasteiger partial charge in [0.1, 0.15) is 0 Å². The molecule has 6 heteroatoms. The van der Waals surface area contributed by atoms with E-state index < -0.39 is 0 Å². The van der Waals surface area contributed by atoms with Crippen LogP contribution in [-0.4, -0.2) is 33.3 Å². The minimum Gasteiger partial charge on any atom is -0.337 e. The highest BCUT2D eigenvalue weighted by Crippen LogP contribution is 2.25. The highest BCUT2D eigenvalue weighted by Gasteiger charge is 2.27. The molecule has 0 saturated carbocycles. The van der Waals surface area contributed by atoms with E-state index in [1.807, 2.05) is 33.0 Å². The predicted molar refractivity (Wildman–Crippen MR) is 120 cm³/mol. The van der Waals surface area contributed by atoms with Gasteiger partial charge < -0.3 is 10.2 Å². The summed E-state index contributed by atoms with van der Waals surface area (Å²) in [5.41, 5.74) is 3.90. The number of amides is 1. The Hall–Kier alpha value is -2.96. The van der Waals surface area contributed by atoms with Crippen molar-refractivity contribution in [1.29, 1.82) is 0 Å². The van der Waals surface area contributed by atoms with Crippen molar-refractivity contribution in [2.75, 3.05) is 13.1 Å². The molecule has 4 aromatic rings. The van der Waals surface area contributed by atoms with Crippen LogP contribution in [0.4, 0.5) is 0 Å². The molecule has 152 valence electrons. The van der Waals surface area contributed by atoms with Gasteiger partial charge in [-0.1, -0.05) is 60.7 Å². The predicted octanol–water partition coefficient (Wildman–Crippen LogP) is 4.51. The molecule has 30 heavy (non-hydrogen) atoms. The van der Waals surface area contributed by atoms with Crippen LogP contribution in [0.1, 0.15) is 46.2 Å². The number of nitrogens with zero attached hydrogens (tertiary/aromatic N) is 3. The molecule has 1 N–H and O–H groups in total. The molecular weight excluding hydrogens is 392 g/mol. The SMILES string of the molecule is O=C(c1nc2sccn2c1CNC(c1ccccc1)c1ccccc1)N1CCCC1. The highest BCUT2D eigenvalue weighted by molar-refractivity contribution is 7.15. The molecule has 2 aromatic carbocycles. The normalized spacial score (nSPS) is 14.1. The van der Waals surface area contributed by atoms with Crippen molar-refractivity contribution in [3.63, 3.8) is 0 Å². The van der Waals surface area contributed by atoms with E-state index in [2.05, 4.69) is 53.8 Å². The molecule has 0 atom stereocenters. The topological polar surface area (TPSA) is 49.6 Å². The summed E-state index contributed by atoms with van der Waals surface area (Å²) in [6.07, 6.45) is 4.15. The molecule has 1 aliphatic rings. The second kappa shape index (κ2) is 8.42. The molecule has 0 spiro atoms. The third-order valence-corrected chi connectivity index (χ3v) is 6.45. The average Bonchev–Trinajstić information content (AvgIpc) is 3.54. The summed E-state index contributed by atoms with van der Waals surface area (Å²) in [7, 11) is 0. The van der Waals surface area contributed by atoms with E-state index in [1.54, 1.807) is 11.3 Å². The van der Waals surface area contributed by atoms with E-state index in [0.29, 0.717) is 12.2 Å². The van der Waals surface area contributed by atoms with Gasteiger partial charge in [-0.15, -0.1) is 11.3 Å². The van der Waals surface area contributed by atoms with Crippen molar-refractivity contribution in [3.8, 4) is 0 Å². The summed E-state index contributed by atoms with van der Waals surface area (Å²) < 4.78 is 2.05. The first kappa shape index (κ1) is 19.0. The number of nitrogens with one attached hydrogen (secondary N) is 1. The van der Waals surface area contributed by atoms with Crippen LogP contribution < -0.4 is 5.32 Å². The zero-order chi connectivity index (χ0) is 20.3. The molecule has 0 unspecified atom stereocenters. The van der Waals surface area contributed by atoms with Gasteiger partial charge in [0.25, 0.3) is 5.91 Å². The van der Waals surface area contributed by atoms with Crippen molar-refractivity contribution in [1.82, 2.24) is 19.6 Å². The third kappa shape index (κ3) is 3.64. The largest absolute Gasteiger partial charge is 0.337 e. The molecule has 5 rings (SSSR count). The average molecular weight is 417 g/mol. The Labute approximate surface area is 180 Å². The summed E-state index contributed by atoms with van der Waals surface area (Å²) in [6, 6.07) is 20.9. The first-order chi connectivity index (χ1) is 14.8. The second-order valence-electron chi connectivity index (χ2n) is 7.60. The Kier molecular flexibility index (Phi) is 5.34. The maximum atomic E-state index is 13.1. The number of carbonyl (C=O) groups is 1. The molecule has 1 amide bonds. The van der Waals surface area contributed by atoms with Gasteiger partial charge in [0.2, 0.25) is 0 Å². The molecule has 1 aliphatic heterocycles. The molecule has 0 radical (unpaired) electrons. The Morgan fingerprint density at radius 3 is 2.27 bits per heavy atom. The second-order valence-corrected chi connectivity index (χ2v) is 8.47. The van der Waals surface area contributed by atoms with Crippen LogP contribution in [-0.2, 0) is 6.54 Å². The number of thiazole rings is 1. The molecule has 2 aromatic heterocycles. The minimum absolute atomic E-state index is 0.0336. The molecule has 0 bridgehead atoms. The molecule has 3 heterocycles. The van der Waals surface area contributed by atoms with Crippen molar-refractivity contribution in [3.05, 3.63) is 94.8 Å². The van der Waals surface area contributed by atoms with E-state index in [9.17, 15) is 4.79 Å². The van der Waals surface area contributed by atoms with Crippen LogP contribution in [0, 0.1) is 0 Å². The standard InChI is InChI=1S/C24H24N4OS/c29-23(27-13-7-8-14-27)22-20(28-15-16-30-24(28)26-22)17-25-21(18-9-3-1-4-10-18)19-11-5-2-6-12-19/h1-6,9-12,15-16,21,25H,7-8,13-14,17H2. The maximum absolute atomic E-state index is 13.1. The fraction of sp³-hybridized carbons (Fsp3) is 0.250. The number of carbonyl (C=O) groups excluding carboxylic acids is 1. The van der Waals surface area contributed by atoms with Gasteiger partial charge in [0, 0.05) is 31.2 Å². The van der Waals surface area contributed by atoms with Gasteiger partial charge in [-0.2, -0.15) is 0 Å². The number of hydrogen-bond donors (Lipinski definition) is 1. The number of hydrogen-bond acceptors (Lipinski definition) is 4. The van der Waals surface area contributed by atoms with Crippen LogP contribution >= 0.6 is 11.3 Å². The lowest BCUT2D eigenvalue weighted by atomic mass is 9.98. The first-order valence-electron chi connectivity index (χ1n) is 10.4. The van der Waals surface area contributed by atoms with Crippen molar-refractivity contribution in [2.45, 2.75) is 25.4 Å². The number of aromatic nitrogens is 2. The summed E-state index contributed by atoms with van der Waals surface area (Å²) >= 11 is 1.56. The van der Waals surface area contributed by atoms with Crippen LogP contribution in [0.5, 0.6) is 0 Å². The van der Waals surface area contributed by atoms with Gasteiger partial charge >= 0.3 is 0 Å². The van der Waals surface area contributed by atoms with E-state index in [4.69, 9.17) is 4.98 Å². The Morgan fingerprint density at radius 1 is 1.00 bits per heavy atom. The molecule has 5 nitrogen and oxygen atoms in total. The zero-order valence-electron chi connectivity index (χ0n) is 16.7. The van der Waals surface area contributed by atoms with Crippen molar-refractivity contribution in [2.24, 2.45) is 0 Å².